The van der Waals surface area contributed by atoms with E-state index < -0.39 is 0 Å². The van der Waals surface area contributed by atoms with E-state index in [0.717, 1.165) is 5.82 Å². The first-order valence-electron chi connectivity index (χ1n) is 3.61. The van der Waals surface area contributed by atoms with Crippen LogP contribution in [0.2, 0.25) is 0 Å². The van der Waals surface area contributed by atoms with Crippen molar-refractivity contribution >= 4 is 11.5 Å². The van der Waals surface area contributed by atoms with Crippen LogP contribution in [0.1, 0.15) is 0 Å². The molecule has 1 heterocycles. The van der Waals surface area contributed by atoms with Crippen molar-refractivity contribution in [3.8, 4) is 0 Å². The second-order valence-corrected chi connectivity index (χ2v) is 2.60. The van der Waals surface area contributed by atoms with Gasteiger partial charge >= 0.3 is 0 Å². The number of nitrogens with one attached hydrogen (secondary N) is 2. The van der Waals surface area contributed by atoms with Crippen molar-refractivity contribution in [2.75, 3.05) is 31.4 Å². The lowest BCUT2D eigenvalue weighted by Gasteiger charge is -2.10. The summed E-state index contributed by atoms with van der Waals surface area (Å²) in [6, 6.07) is 4.08. The van der Waals surface area contributed by atoms with E-state index in [2.05, 4.69) is 21.3 Å². The standard InChI is InChI=1S/C8H13N3/c1-9-8-6-7(11(2)3)4-5-10-8/h4-6H,1-3H3,(H,9,10)/p+1. The van der Waals surface area contributed by atoms with Gasteiger partial charge in [-0.05, 0) is 0 Å². The number of pyridine rings is 1. The molecule has 0 spiro atoms. The molecular weight excluding hydrogens is 138 g/mol. The van der Waals surface area contributed by atoms with Crippen LogP contribution in [0.4, 0.5) is 11.5 Å². The molecule has 0 saturated heterocycles. The molecule has 0 aliphatic rings. The Morgan fingerprint density at radius 2 is 2.18 bits per heavy atom. The topological polar surface area (TPSA) is 29.4 Å². The third kappa shape index (κ3) is 1.83. The third-order valence-electron chi connectivity index (χ3n) is 1.57. The summed E-state index contributed by atoms with van der Waals surface area (Å²) in [5.41, 5.74) is 1.19. The number of anilines is 2. The van der Waals surface area contributed by atoms with Gasteiger partial charge in [-0.25, -0.2) is 4.98 Å². The Bertz CT molecular complexity index is 233. The van der Waals surface area contributed by atoms with Crippen molar-refractivity contribution in [3.63, 3.8) is 0 Å². The van der Waals surface area contributed by atoms with Crippen LogP contribution in [0, 0.1) is 0 Å². The highest BCUT2D eigenvalue weighted by Crippen LogP contribution is 2.10. The smallest absolute Gasteiger partial charge is 0.274 e. The molecule has 11 heavy (non-hydrogen) atoms. The zero-order chi connectivity index (χ0) is 8.27. The molecule has 0 bridgehead atoms. The summed E-state index contributed by atoms with van der Waals surface area (Å²) >= 11 is 0. The van der Waals surface area contributed by atoms with Gasteiger partial charge in [0.15, 0.2) is 0 Å². The quantitative estimate of drug-likeness (QED) is 0.672. The summed E-state index contributed by atoms with van der Waals surface area (Å²) in [6.45, 7) is 0. The predicted octanol–water partition coefficient (Wildman–Crippen LogP) is 0.608. The fourth-order valence-electron chi connectivity index (χ4n) is 0.877. The SMILES string of the molecule is CNc1cc(N(C)C)cc[nH+]1. The summed E-state index contributed by atoms with van der Waals surface area (Å²) in [5.74, 6) is 1.02. The molecule has 1 rings (SSSR count). The zero-order valence-corrected chi connectivity index (χ0v) is 7.18. The molecule has 0 amide bonds. The second-order valence-electron chi connectivity index (χ2n) is 2.60. The Balaban J connectivity index is 2.91. The Morgan fingerprint density at radius 1 is 1.45 bits per heavy atom. The number of hydrogen-bond donors (Lipinski definition) is 1. The van der Waals surface area contributed by atoms with Gasteiger partial charge in [0.25, 0.3) is 5.82 Å². The molecule has 0 aromatic carbocycles. The fraction of sp³-hybridized carbons (Fsp3) is 0.375. The molecule has 60 valence electrons. The van der Waals surface area contributed by atoms with E-state index >= 15 is 0 Å². The average Bonchev–Trinajstić information content (AvgIpc) is 2.05. The highest BCUT2D eigenvalue weighted by molar-refractivity contribution is 5.49. The molecule has 0 saturated carbocycles. The van der Waals surface area contributed by atoms with Crippen LogP contribution in [0.5, 0.6) is 0 Å². The molecule has 1 aromatic heterocycles. The largest absolute Gasteiger partial charge is 0.377 e. The van der Waals surface area contributed by atoms with Crippen molar-refractivity contribution in [2.24, 2.45) is 0 Å². The summed E-state index contributed by atoms with van der Waals surface area (Å²) in [6.07, 6.45) is 1.92. The lowest BCUT2D eigenvalue weighted by atomic mass is 10.3. The maximum absolute atomic E-state index is 3.08. The van der Waals surface area contributed by atoms with Gasteiger partial charge in [-0.2, -0.15) is 0 Å². The van der Waals surface area contributed by atoms with E-state index in [-0.39, 0.29) is 0 Å². The molecule has 3 heteroatoms. The lowest BCUT2D eigenvalue weighted by Crippen LogP contribution is -2.14. The maximum Gasteiger partial charge on any atom is 0.274 e. The van der Waals surface area contributed by atoms with Gasteiger partial charge in [0.05, 0.1) is 19.3 Å². The molecule has 2 N–H and O–H groups in total. The summed E-state index contributed by atoms with van der Waals surface area (Å²) < 4.78 is 0. The Labute approximate surface area is 67.1 Å². The first-order valence-corrected chi connectivity index (χ1v) is 3.61. The van der Waals surface area contributed by atoms with Gasteiger partial charge in [-0.1, -0.05) is 0 Å². The lowest BCUT2D eigenvalue weighted by molar-refractivity contribution is -0.360. The third-order valence-corrected chi connectivity index (χ3v) is 1.57. The molecule has 3 nitrogen and oxygen atoms in total. The van der Waals surface area contributed by atoms with Gasteiger partial charge in [0.1, 0.15) is 0 Å². The molecular formula is C8H14N3+. The highest BCUT2D eigenvalue weighted by Gasteiger charge is 1.99. The van der Waals surface area contributed by atoms with Crippen molar-refractivity contribution in [1.82, 2.24) is 0 Å². The molecule has 0 unspecified atom stereocenters. The van der Waals surface area contributed by atoms with Gasteiger partial charge < -0.3 is 4.90 Å². The minimum absolute atomic E-state index is 1.02. The van der Waals surface area contributed by atoms with Crippen LogP contribution >= 0.6 is 0 Å². The normalized spacial score (nSPS) is 9.36. The molecule has 0 aliphatic carbocycles. The Morgan fingerprint density at radius 3 is 2.73 bits per heavy atom. The Kier molecular flexibility index (Phi) is 2.31. The first kappa shape index (κ1) is 7.85. The first-order chi connectivity index (χ1) is 5.24. The van der Waals surface area contributed by atoms with Crippen molar-refractivity contribution in [1.29, 1.82) is 0 Å². The fourth-order valence-corrected chi connectivity index (χ4v) is 0.877. The van der Waals surface area contributed by atoms with Crippen molar-refractivity contribution < 1.29 is 4.98 Å². The van der Waals surface area contributed by atoms with Crippen molar-refractivity contribution in [3.05, 3.63) is 18.3 Å². The minimum Gasteiger partial charge on any atom is -0.377 e. The average molecular weight is 152 g/mol. The van der Waals surface area contributed by atoms with E-state index in [1.807, 2.05) is 33.4 Å². The summed E-state index contributed by atoms with van der Waals surface area (Å²) in [5, 5.41) is 3.04. The van der Waals surface area contributed by atoms with Crippen LogP contribution in [0.25, 0.3) is 0 Å². The highest BCUT2D eigenvalue weighted by atomic mass is 15.1. The van der Waals surface area contributed by atoms with Crippen LogP contribution in [-0.2, 0) is 0 Å². The summed E-state index contributed by atoms with van der Waals surface area (Å²) in [7, 11) is 5.94. The van der Waals surface area contributed by atoms with E-state index in [4.69, 9.17) is 0 Å². The van der Waals surface area contributed by atoms with E-state index in [9.17, 15) is 0 Å². The van der Waals surface area contributed by atoms with Crippen LogP contribution in [-0.4, -0.2) is 21.1 Å². The van der Waals surface area contributed by atoms with Crippen molar-refractivity contribution in [2.45, 2.75) is 0 Å². The zero-order valence-electron chi connectivity index (χ0n) is 7.18. The number of H-pyrrole nitrogens is 1. The monoisotopic (exact) mass is 152 g/mol. The van der Waals surface area contributed by atoms with Gasteiger partial charge in [-0.15, -0.1) is 0 Å². The van der Waals surface area contributed by atoms with E-state index in [1.165, 1.54) is 5.69 Å². The maximum atomic E-state index is 3.08. The molecule has 1 aromatic rings. The van der Waals surface area contributed by atoms with Gasteiger partial charge in [-0.3, -0.25) is 5.32 Å². The minimum atomic E-state index is 1.02. The molecule has 0 radical (unpaired) electrons. The Hall–Kier alpha value is -1.25. The van der Waals surface area contributed by atoms with Crippen LogP contribution in [0.3, 0.4) is 0 Å². The number of aromatic nitrogens is 1. The summed E-state index contributed by atoms with van der Waals surface area (Å²) in [4.78, 5) is 5.14. The van der Waals surface area contributed by atoms with E-state index in [0.29, 0.717) is 0 Å². The predicted molar refractivity (Wildman–Crippen MR) is 46.9 cm³/mol. The number of nitrogens with zero attached hydrogens (tertiary/aromatic N) is 1. The van der Waals surface area contributed by atoms with Crippen LogP contribution in [0.15, 0.2) is 18.3 Å². The number of rotatable bonds is 2. The molecule has 0 aliphatic heterocycles. The van der Waals surface area contributed by atoms with Gasteiger partial charge in [0.2, 0.25) is 0 Å². The molecule has 0 fully saturated rings. The van der Waals surface area contributed by atoms with Crippen LogP contribution < -0.4 is 15.2 Å². The van der Waals surface area contributed by atoms with E-state index in [1.54, 1.807) is 0 Å². The number of aromatic amines is 1. The number of hydrogen-bond acceptors (Lipinski definition) is 2. The molecule has 0 atom stereocenters. The van der Waals surface area contributed by atoms with Gasteiger partial charge in [0, 0.05) is 25.8 Å². The second kappa shape index (κ2) is 3.23.